The Labute approximate surface area is 236 Å². The number of carbonyl (C=O) groups is 5. The van der Waals surface area contributed by atoms with Crippen molar-refractivity contribution in [3.63, 3.8) is 0 Å². The van der Waals surface area contributed by atoms with E-state index >= 15 is 0 Å². The molecule has 0 saturated carbocycles. The van der Waals surface area contributed by atoms with E-state index in [1.54, 1.807) is 18.9 Å². The van der Waals surface area contributed by atoms with Crippen molar-refractivity contribution < 1.29 is 38.6 Å². The highest BCUT2D eigenvalue weighted by molar-refractivity contribution is 6.26. The van der Waals surface area contributed by atoms with Crippen molar-refractivity contribution in [2.45, 2.75) is 69.9 Å². The predicted octanol–water partition coefficient (Wildman–Crippen LogP) is -0.358. The molecule has 2 bridgehead atoms. The van der Waals surface area contributed by atoms with Crippen LogP contribution in [0.1, 0.15) is 33.6 Å². The van der Waals surface area contributed by atoms with Crippen LogP contribution in [0.5, 0.6) is 0 Å². The van der Waals surface area contributed by atoms with Crippen LogP contribution in [0.15, 0.2) is 45.0 Å². The Morgan fingerprint density at radius 2 is 1.49 bits per heavy atom. The van der Waals surface area contributed by atoms with E-state index in [1.807, 2.05) is 4.90 Å². The van der Waals surface area contributed by atoms with Gasteiger partial charge in [0.25, 0.3) is 0 Å². The van der Waals surface area contributed by atoms with E-state index in [2.05, 4.69) is 11.4 Å². The lowest BCUT2D eigenvalue weighted by Gasteiger charge is -2.60. The first-order valence-electron chi connectivity index (χ1n) is 13.4. The number of methoxy groups -OCH3 is 2. The molecule has 3 aliphatic heterocycles. The van der Waals surface area contributed by atoms with Crippen LogP contribution in [0.3, 0.4) is 0 Å². The number of fused-ring (bicyclic) bond motifs is 5. The lowest BCUT2D eigenvalue weighted by atomic mass is 9.67. The van der Waals surface area contributed by atoms with Crippen LogP contribution >= 0.6 is 0 Å². The number of Topliss-reactive ketones (excluding diaryl/α,β-unsaturated/α-hetero) is 4. The molecule has 0 aromatic rings. The van der Waals surface area contributed by atoms with Gasteiger partial charge >= 0.3 is 0 Å². The summed E-state index contributed by atoms with van der Waals surface area (Å²) in [7, 11) is 4.41. The summed E-state index contributed by atoms with van der Waals surface area (Å²) in [6, 6.07) is -1.38. The number of amides is 1. The first kappa shape index (κ1) is 28.6. The molecular weight excluding hydrogens is 532 g/mol. The Morgan fingerprint density at radius 3 is 2.00 bits per heavy atom. The summed E-state index contributed by atoms with van der Waals surface area (Å²) in [6.07, 6.45) is -1.18. The molecule has 3 heterocycles. The minimum Gasteiger partial charge on any atom is -0.492 e. The molecule has 216 valence electrons. The number of nitriles is 1. The molecule has 5 aliphatic rings. The van der Waals surface area contributed by atoms with Crippen LogP contribution in [0.2, 0.25) is 0 Å². The van der Waals surface area contributed by atoms with E-state index < -0.39 is 59.6 Å². The number of hydrogen-bond donors (Lipinski definition) is 2. The summed E-state index contributed by atoms with van der Waals surface area (Å²) < 4.78 is 10.6. The Bertz CT molecular complexity index is 1480. The number of allylic oxidation sites excluding steroid dienone is 4. The number of carbonyl (C=O) groups excluding carboxylic acids is 5. The third kappa shape index (κ3) is 3.94. The van der Waals surface area contributed by atoms with Crippen LogP contribution in [0, 0.1) is 11.3 Å². The van der Waals surface area contributed by atoms with Crippen molar-refractivity contribution in [1.82, 2.24) is 15.1 Å². The molecule has 5 rings (SSSR count). The summed E-state index contributed by atoms with van der Waals surface area (Å²) >= 11 is 0. The molecule has 1 saturated heterocycles. The highest BCUT2D eigenvalue weighted by Gasteiger charge is 2.59. The minimum atomic E-state index is -1.33. The third-order valence-electron chi connectivity index (χ3n) is 9.06. The van der Waals surface area contributed by atoms with Gasteiger partial charge in [0, 0.05) is 52.1 Å². The fraction of sp³-hybridized carbons (Fsp3) is 0.517. The topological polar surface area (TPSA) is 166 Å². The van der Waals surface area contributed by atoms with Gasteiger partial charge in [0.15, 0.2) is 23.1 Å². The monoisotopic (exact) mass is 564 g/mol. The molecule has 12 nitrogen and oxygen atoms in total. The van der Waals surface area contributed by atoms with Crippen LogP contribution in [0.4, 0.5) is 0 Å². The fourth-order valence-electron chi connectivity index (χ4n) is 7.16. The van der Waals surface area contributed by atoms with Crippen molar-refractivity contribution in [3.8, 4) is 6.07 Å². The van der Waals surface area contributed by atoms with E-state index in [0.29, 0.717) is 5.57 Å². The van der Waals surface area contributed by atoms with Gasteiger partial charge in [-0.25, -0.2) is 0 Å². The van der Waals surface area contributed by atoms with Gasteiger partial charge in [0.05, 0.1) is 32.4 Å². The number of aliphatic hydroxyl groups excluding tert-OH is 1. The number of aliphatic hydroxyl groups is 1. The first-order valence-corrected chi connectivity index (χ1v) is 13.4. The molecule has 41 heavy (non-hydrogen) atoms. The van der Waals surface area contributed by atoms with Crippen LogP contribution in [-0.4, -0.2) is 108 Å². The van der Waals surface area contributed by atoms with Gasteiger partial charge in [-0.3, -0.25) is 33.8 Å². The van der Waals surface area contributed by atoms with Gasteiger partial charge in [0.2, 0.25) is 17.5 Å². The van der Waals surface area contributed by atoms with Crippen molar-refractivity contribution in [1.29, 1.82) is 5.26 Å². The number of nitrogens with zero attached hydrogens (tertiary/aromatic N) is 3. The van der Waals surface area contributed by atoms with Crippen LogP contribution < -0.4 is 5.32 Å². The molecule has 6 atom stereocenters. The Hall–Kier alpha value is -3.92. The maximum absolute atomic E-state index is 13.8. The zero-order valence-corrected chi connectivity index (χ0v) is 23.7. The SMILES string of the molecule is COC1=C(C)C(=O)C2=C(C1=O)[C@H]1[C@@H]3CC4=C(C(=O)C(OC)=C(C)C4=O)[C@H](CNC(=O)C(C)O)N3[C@@H](C#N)[C@@H](C2)N1C. The maximum Gasteiger partial charge on any atom is 0.248 e. The van der Waals surface area contributed by atoms with Crippen LogP contribution in [-0.2, 0) is 33.4 Å². The van der Waals surface area contributed by atoms with Crippen molar-refractivity contribution >= 4 is 29.0 Å². The van der Waals surface area contributed by atoms with Crippen LogP contribution in [0.25, 0.3) is 0 Å². The highest BCUT2D eigenvalue weighted by Crippen LogP contribution is 2.48. The minimum absolute atomic E-state index is 0.0261. The smallest absolute Gasteiger partial charge is 0.248 e. The normalized spacial score (nSPS) is 31.0. The second-order valence-electron chi connectivity index (χ2n) is 11.0. The number of likely N-dealkylation sites (N-methyl/N-ethyl adjacent to an activating group) is 1. The Balaban J connectivity index is 1.71. The molecule has 0 aromatic heterocycles. The molecule has 0 aromatic carbocycles. The van der Waals surface area contributed by atoms with E-state index in [0.717, 1.165) is 0 Å². The lowest BCUT2D eigenvalue weighted by Crippen LogP contribution is -2.74. The lowest BCUT2D eigenvalue weighted by molar-refractivity contribution is -0.130. The molecule has 2 N–H and O–H groups in total. The number of rotatable bonds is 5. The number of ketones is 4. The van der Waals surface area contributed by atoms with Gasteiger partial charge in [-0.1, -0.05) is 0 Å². The molecule has 1 fully saturated rings. The number of piperazine rings is 1. The molecule has 0 spiro atoms. The van der Waals surface area contributed by atoms with Crippen molar-refractivity contribution in [3.05, 3.63) is 45.0 Å². The second-order valence-corrected chi connectivity index (χ2v) is 11.0. The first-order chi connectivity index (χ1) is 19.4. The van der Waals surface area contributed by atoms with Crippen molar-refractivity contribution in [2.75, 3.05) is 27.8 Å². The molecule has 1 amide bonds. The van der Waals surface area contributed by atoms with E-state index in [9.17, 15) is 34.3 Å². The largest absolute Gasteiger partial charge is 0.492 e. The molecule has 12 heteroatoms. The average Bonchev–Trinajstić information content (AvgIpc) is 2.93. The summed E-state index contributed by atoms with van der Waals surface area (Å²) in [5.41, 5.74) is 1.29. The molecular formula is C29H32N4O8. The van der Waals surface area contributed by atoms with E-state index in [1.165, 1.54) is 28.1 Å². The standard InChI is InChI=1S/C29H32N4O8/c1-11-23(35)14-8-17-22-21-15(24(36)12(2)28(41-6)26(21)38)7-16(32(22)4)18(9-30)33(17)19(10-31-29(39)13(3)34)20(14)25(37)27(11)40-5/h13,16-19,22,34H,7-8,10H2,1-6H3,(H,31,39)/t13?,16-,17+,18+,19+,22-/m1/s1. The van der Waals surface area contributed by atoms with Gasteiger partial charge in [0.1, 0.15) is 12.1 Å². The van der Waals surface area contributed by atoms with Gasteiger partial charge in [-0.2, -0.15) is 5.26 Å². The average molecular weight is 565 g/mol. The summed E-state index contributed by atoms with van der Waals surface area (Å²) in [5, 5.41) is 22.9. The van der Waals surface area contributed by atoms with E-state index in [4.69, 9.17) is 9.47 Å². The van der Waals surface area contributed by atoms with Gasteiger partial charge in [-0.15, -0.1) is 0 Å². The third-order valence-corrected chi connectivity index (χ3v) is 9.06. The Morgan fingerprint density at radius 1 is 0.976 bits per heavy atom. The molecule has 1 unspecified atom stereocenters. The number of nitrogens with one attached hydrogen (secondary N) is 1. The Kier molecular flexibility index (Phi) is 7.09. The summed E-state index contributed by atoms with van der Waals surface area (Å²) in [4.78, 5) is 70.8. The summed E-state index contributed by atoms with van der Waals surface area (Å²) in [6.45, 7) is 4.16. The number of ether oxygens (including phenoxy) is 2. The highest BCUT2D eigenvalue weighted by atomic mass is 16.5. The number of hydrogen-bond acceptors (Lipinski definition) is 11. The maximum atomic E-state index is 13.8. The van der Waals surface area contributed by atoms with E-state index in [-0.39, 0.29) is 64.6 Å². The predicted molar refractivity (Wildman–Crippen MR) is 142 cm³/mol. The quantitative estimate of drug-likeness (QED) is 0.419. The summed E-state index contributed by atoms with van der Waals surface area (Å²) in [5.74, 6) is -2.48. The molecule has 0 radical (unpaired) electrons. The second kappa shape index (κ2) is 10.2. The zero-order chi connectivity index (χ0) is 30.1. The zero-order valence-electron chi connectivity index (χ0n) is 23.7. The fourth-order valence-corrected chi connectivity index (χ4v) is 7.16. The van der Waals surface area contributed by atoms with Crippen molar-refractivity contribution in [2.24, 2.45) is 0 Å². The van der Waals surface area contributed by atoms with Gasteiger partial charge < -0.3 is 19.9 Å². The molecule has 2 aliphatic carbocycles. The van der Waals surface area contributed by atoms with Gasteiger partial charge in [-0.05, 0) is 40.7 Å².